The predicted octanol–water partition coefficient (Wildman–Crippen LogP) is -0.363. The van der Waals surface area contributed by atoms with Gasteiger partial charge >= 0.3 is 10.1 Å². The number of hydrogen-bond donors (Lipinski definition) is 0. The van der Waals surface area contributed by atoms with E-state index < -0.39 is 10.1 Å². The highest BCUT2D eigenvalue weighted by molar-refractivity contribution is 7.86. The van der Waals surface area contributed by atoms with E-state index in [2.05, 4.69) is 16.8 Å². The monoisotopic (exact) mass is 288 g/mol. The first-order valence-corrected chi connectivity index (χ1v) is 8.27. The minimum atomic E-state index is -3.43. The Labute approximate surface area is 114 Å². The van der Waals surface area contributed by atoms with E-state index in [9.17, 15) is 8.42 Å². The Balaban J connectivity index is 1.85. The molecule has 1 unspecified atom stereocenters. The van der Waals surface area contributed by atoms with E-state index in [1.54, 1.807) is 0 Å². The van der Waals surface area contributed by atoms with Crippen LogP contribution in [0.3, 0.4) is 0 Å². The van der Waals surface area contributed by atoms with E-state index in [1.165, 1.54) is 0 Å². The maximum atomic E-state index is 11.9. The summed E-state index contributed by atoms with van der Waals surface area (Å²) in [7, 11) is -1.34. The van der Waals surface area contributed by atoms with Gasteiger partial charge in [0, 0.05) is 38.2 Å². The van der Waals surface area contributed by atoms with Crippen LogP contribution in [0.2, 0.25) is 0 Å². The second-order valence-corrected chi connectivity index (χ2v) is 7.03. The smallest absolute Gasteiger partial charge is 0.310 e. The zero-order valence-corrected chi connectivity index (χ0v) is 12.0. The van der Waals surface area contributed by atoms with Crippen LogP contribution >= 0.6 is 0 Å². The van der Waals surface area contributed by atoms with Crippen molar-refractivity contribution >= 4 is 10.1 Å². The average Bonchev–Trinajstić information content (AvgIpc) is 2.37. The van der Waals surface area contributed by atoms with E-state index in [1.807, 2.05) is 0 Å². The average molecular weight is 288 g/mol. The first-order chi connectivity index (χ1) is 9.05. The van der Waals surface area contributed by atoms with Gasteiger partial charge in [-0.1, -0.05) is 0 Å². The summed E-state index contributed by atoms with van der Waals surface area (Å²) in [4.78, 5) is 4.51. The van der Waals surface area contributed by atoms with E-state index in [4.69, 9.17) is 8.92 Å². The van der Waals surface area contributed by atoms with Crippen LogP contribution < -0.4 is 0 Å². The van der Waals surface area contributed by atoms with Crippen molar-refractivity contribution in [3.8, 4) is 0 Å². The van der Waals surface area contributed by atoms with Crippen molar-refractivity contribution in [3.05, 3.63) is 11.3 Å². The minimum Gasteiger partial charge on any atom is -0.387 e. The van der Waals surface area contributed by atoms with Crippen LogP contribution in [0.1, 0.15) is 6.42 Å². The largest absolute Gasteiger partial charge is 0.387 e. The van der Waals surface area contributed by atoms with Crippen molar-refractivity contribution in [1.29, 1.82) is 0 Å². The lowest BCUT2D eigenvalue weighted by Crippen LogP contribution is -2.54. The number of likely N-dealkylation sites (N-methyl/N-ethyl adjacent to an activating group) is 1. The number of ether oxygens (including phenoxy) is 1. The zero-order valence-electron chi connectivity index (χ0n) is 11.2. The SMILES string of the molecule is CN1CCN(C2CS(=O)(=O)OC3=C2COCC3)CC1. The highest BCUT2D eigenvalue weighted by Crippen LogP contribution is 2.30. The molecule has 0 amide bonds. The Morgan fingerprint density at radius 1 is 1.21 bits per heavy atom. The number of nitrogens with zero attached hydrogens (tertiary/aromatic N) is 2. The van der Waals surface area contributed by atoms with E-state index in [-0.39, 0.29) is 11.8 Å². The van der Waals surface area contributed by atoms with Crippen LogP contribution in [0.25, 0.3) is 0 Å². The lowest BCUT2D eigenvalue weighted by atomic mass is 10.0. The third-order valence-corrected chi connectivity index (χ3v) is 5.24. The first kappa shape index (κ1) is 13.4. The summed E-state index contributed by atoms with van der Waals surface area (Å²) in [5.41, 5.74) is 1.03. The van der Waals surface area contributed by atoms with Crippen LogP contribution in [0.4, 0.5) is 0 Å². The number of hydrogen-bond acceptors (Lipinski definition) is 6. The highest BCUT2D eigenvalue weighted by atomic mass is 32.2. The van der Waals surface area contributed by atoms with Gasteiger partial charge in [-0.3, -0.25) is 4.90 Å². The summed E-state index contributed by atoms with van der Waals surface area (Å²) in [6.07, 6.45) is 0.568. The van der Waals surface area contributed by atoms with E-state index in [0.717, 1.165) is 31.8 Å². The van der Waals surface area contributed by atoms with Crippen molar-refractivity contribution in [3.63, 3.8) is 0 Å². The van der Waals surface area contributed by atoms with Gasteiger partial charge in [-0.2, -0.15) is 8.42 Å². The fraction of sp³-hybridized carbons (Fsp3) is 0.833. The summed E-state index contributed by atoms with van der Waals surface area (Å²) in [6.45, 7) is 4.79. The second kappa shape index (κ2) is 5.05. The molecular formula is C12H20N2O4S. The summed E-state index contributed by atoms with van der Waals surface area (Å²) >= 11 is 0. The number of rotatable bonds is 1. The Morgan fingerprint density at radius 3 is 2.68 bits per heavy atom. The molecule has 19 heavy (non-hydrogen) atoms. The Morgan fingerprint density at radius 2 is 1.95 bits per heavy atom. The molecule has 108 valence electrons. The van der Waals surface area contributed by atoms with Crippen LogP contribution in [-0.2, 0) is 19.0 Å². The molecule has 1 saturated heterocycles. The van der Waals surface area contributed by atoms with Crippen LogP contribution in [-0.4, -0.2) is 76.5 Å². The van der Waals surface area contributed by atoms with Gasteiger partial charge in [0.2, 0.25) is 0 Å². The first-order valence-electron chi connectivity index (χ1n) is 6.69. The normalized spacial score (nSPS) is 32.8. The van der Waals surface area contributed by atoms with Gasteiger partial charge < -0.3 is 13.8 Å². The molecule has 0 aromatic rings. The molecule has 0 aromatic carbocycles. The van der Waals surface area contributed by atoms with E-state index in [0.29, 0.717) is 25.4 Å². The standard InChI is InChI=1S/C12H20N2O4S/c1-13-3-5-14(6-4-13)11-9-19(15,16)18-12-2-7-17-8-10(11)12/h11H,2-9H2,1H3. The molecular weight excluding hydrogens is 268 g/mol. The van der Waals surface area contributed by atoms with Crippen molar-refractivity contribution in [2.24, 2.45) is 0 Å². The van der Waals surface area contributed by atoms with Crippen molar-refractivity contribution < 1.29 is 17.3 Å². The maximum Gasteiger partial charge on any atom is 0.310 e. The molecule has 1 atom stereocenters. The van der Waals surface area contributed by atoms with Gasteiger partial charge in [-0.25, -0.2) is 0 Å². The fourth-order valence-electron chi connectivity index (χ4n) is 2.91. The topological polar surface area (TPSA) is 59.1 Å². The Hall–Kier alpha value is -0.630. The predicted molar refractivity (Wildman–Crippen MR) is 70.2 cm³/mol. The molecule has 3 rings (SSSR count). The van der Waals surface area contributed by atoms with Crippen molar-refractivity contribution in [1.82, 2.24) is 9.80 Å². The summed E-state index contributed by atoms with van der Waals surface area (Å²) in [5.74, 6) is 0.681. The molecule has 3 heterocycles. The van der Waals surface area contributed by atoms with Gasteiger partial charge in [-0.05, 0) is 7.05 Å². The van der Waals surface area contributed by atoms with Crippen molar-refractivity contribution in [2.75, 3.05) is 52.2 Å². The highest BCUT2D eigenvalue weighted by Gasteiger charge is 2.38. The maximum absolute atomic E-state index is 11.9. The van der Waals surface area contributed by atoms with Gasteiger partial charge in [-0.15, -0.1) is 0 Å². The lowest BCUT2D eigenvalue weighted by molar-refractivity contribution is 0.0863. The summed E-state index contributed by atoms with van der Waals surface area (Å²) in [6, 6.07) is -0.0669. The molecule has 6 nitrogen and oxygen atoms in total. The van der Waals surface area contributed by atoms with Crippen LogP contribution in [0.5, 0.6) is 0 Å². The van der Waals surface area contributed by atoms with Gasteiger partial charge in [0.05, 0.1) is 19.3 Å². The molecule has 0 radical (unpaired) electrons. The van der Waals surface area contributed by atoms with Gasteiger partial charge in [0.25, 0.3) is 0 Å². The molecule has 0 aromatic heterocycles. The fourth-order valence-corrected chi connectivity index (χ4v) is 4.27. The lowest BCUT2D eigenvalue weighted by Gasteiger charge is -2.41. The van der Waals surface area contributed by atoms with Crippen molar-refractivity contribution in [2.45, 2.75) is 12.5 Å². The Bertz CT molecular complexity index is 480. The second-order valence-electron chi connectivity index (χ2n) is 5.41. The van der Waals surface area contributed by atoms with Gasteiger partial charge in [0.15, 0.2) is 0 Å². The molecule has 1 fully saturated rings. The quantitative estimate of drug-likeness (QED) is 0.614. The molecule has 7 heteroatoms. The van der Waals surface area contributed by atoms with Gasteiger partial charge in [0.1, 0.15) is 11.5 Å². The molecule has 0 bridgehead atoms. The molecule has 3 aliphatic heterocycles. The molecule has 0 N–H and O–H groups in total. The zero-order chi connectivity index (χ0) is 13.5. The third kappa shape index (κ3) is 2.79. The summed E-state index contributed by atoms with van der Waals surface area (Å²) in [5, 5.41) is 0. The molecule has 0 aliphatic carbocycles. The Kier molecular flexibility index (Phi) is 3.55. The molecule has 0 saturated carbocycles. The minimum absolute atomic E-state index is 0.0545. The third-order valence-electron chi connectivity index (χ3n) is 4.06. The molecule has 3 aliphatic rings. The summed E-state index contributed by atoms with van der Waals surface area (Å²) < 4.78 is 34.4. The van der Waals surface area contributed by atoms with E-state index >= 15 is 0 Å². The van der Waals surface area contributed by atoms with Crippen LogP contribution in [0.15, 0.2) is 11.3 Å². The molecule has 0 spiro atoms. The number of piperazine rings is 1. The van der Waals surface area contributed by atoms with Crippen LogP contribution in [0, 0.1) is 0 Å².